The van der Waals surface area contributed by atoms with Crippen LogP contribution in [0, 0.1) is 0 Å². The van der Waals surface area contributed by atoms with Gasteiger partial charge in [0.15, 0.2) is 14.9 Å². The van der Waals surface area contributed by atoms with Gasteiger partial charge in [0.1, 0.15) is 6.33 Å². The van der Waals surface area contributed by atoms with Gasteiger partial charge in [0, 0.05) is 11.6 Å². The minimum atomic E-state index is -3.28. The summed E-state index contributed by atoms with van der Waals surface area (Å²) < 4.78 is 24.1. The second-order valence-electron chi connectivity index (χ2n) is 2.71. The normalized spacial score (nSPS) is 12.1. The molecule has 0 radical (unpaired) electrons. The summed E-state index contributed by atoms with van der Waals surface area (Å²) in [6.07, 6.45) is 2.40. The van der Waals surface area contributed by atoms with Gasteiger partial charge in [0.2, 0.25) is 0 Å². The largest absolute Gasteiger partial charge is 0.234 e. The van der Waals surface area contributed by atoms with Crippen LogP contribution in [0.25, 0.3) is 10.2 Å². The molecule has 0 aliphatic carbocycles. The van der Waals surface area contributed by atoms with Gasteiger partial charge in [-0.25, -0.2) is 18.4 Å². The van der Waals surface area contributed by atoms with E-state index in [2.05, 4.69) is 25.9 Å². The quantitative estimate of drug-likeness (QED) is 0.753. The van der Waals surface area contributed by atoms with Crippen molar-refractivity contribution in [2.75, 3.05) is 6.26 Å². The van der Waals surface area contributed by atoms with Gasteiger partial charge < -0.3 is 0 Å². The summed E-state index contributed by atoms with van der Waals surface area (Å²) >= 11 is 4.61. The Morgan fingerprint density at radius 2 is 2.14 bits per heavy atom. The van der Waals surface area contributed by atoms with Crippen LogP contribution in [-0.4, -0.2) is 24.6 Å². The maximum Gasteiger partial charge on any atom is 0.194 e. The molecule has 0 unspecified atom stereocenters. The lowest BCUT2D eigenvalue weighted by Gasteiger charge is -1.97. The summed E-state index contributed by atoms with van der Waals surface area (Å²) in [6.45, 7) is 0. The van der Waals surface area contributed by atoms with E-state index in [1.807, 2.05) is 0 Å². The van der Waals surface area contributed by atoms with Gasteiger partial charge in [0.25, 0.3) is 0 Å². The predicted molar refractivity (Wildman–Crippen MR) is 58.2 cm³/mol. The second-order valence-corrected chi connectivity index (χ2v) is 6.38. The Balaban J connectivity index is 2.92. The second kappa shape index (κ2) is 3.25. The number of halogens is 1. The van der Waals surface area contributed by atoms with E-state index in [9.17, 15) is 8.42 Å². The molecule has 0 fully saturated rings. The number of rotatable bonds is 1. The zero-order valence-corrected chi connectivity index (χ0v) is 10.3. The third-order valence-electron chi connectivity index (χ3n) is 1.63. The van der Waals surface area contributed by atoms with Crippen molar-refractivity contribution >= 4 is 47.3 Å². The molecular weight excluding hydrogens is 288 g/mol. The molecule has 7 heteroatoms. The maximum absolute atomic E-state index is 11.4. The fourth-order valence-electron chi connectivity index (χ4n) is 1.06. The van der Waals surface area contributed by atoms with E-state index in [0.717, 1.165) is 10.7 Å². The highest BCUT2D eigenvalue weighted by Crippen LogP contribution is 2.31. The summed E-state index contributed by atoms with van der Waals surface area (Å²) in [5, 5.41) is 1.90. The molecule has 2 heterocycles. The van der Waals surface area contributed by atoms with Gasteiger partial charge in [-0.05, 0) is 15.9 Å². The molecule has 0 saturated heterocycles. The summed E-state index contributed by atoms with van der Waals surface area (Å²) in [5.41, 5.74) is 0.644. The number of hydrogen-bond acceptors (Lipinski definition) is 5. The summed E-state index contributed by atoms with van der Waals surface area (Å²) in [6, 6.07) is 0. The molecule has 2 aromatic heterocycles. The van der Waals surface area contributed by atoms with E-state index in [1.165, 1.54) is 17.7 Å². The van der Waals surface area contributed by atoms with Crippen LogP contribution < -0.4 is 0 Å². The Labute approximate surface area is 93.1 Å². The fraction of sp³-hybridized carbons (Fsp3) is 0.143. The van der Waals surface area contributed by atoms with Crippen LogP contribution in [0.1, 0.15) is 0 Å². The van der Waals surface area contributed by atoms with Crippen LogP contribution in [0.4, 0.5) is 0 Å². The van der Waals surface area contributed by atoms with E-state index in [4.69, 9.17) is 0 Å². The van der Waals surface area contributed by atoms with Gasteiger partial charge in [-0.3, -0.25) is 0 Å². The molecular formula is C7H5BrN2O2S2. The van der Waals surface area contributed by atoms with Gasteiger partial charge in [0.05, 0.1) is 14.7 Å². The molecule has 14 heavy (non-hydrogen) atoms. The van der Waals surface area contributed by atoms with Crippen LogP contribution in [-0.2, 0) is 9.84 Å². The number of aromatic nitrogens is 2. The molecule has 0 saturated carbocycles. The lowest BCUT2D eigenvalue weighted by Crippen LogP contribution is -2.00. The highest BCUT2D eigenvalue weighted by Gasteiger charge is 2.16. The molecule has 2 rings (SSSR count). The Kier molecular flexibility index (Phi) is 2.32. The molecule has 0 spiro atoms. The topological polar surface area (TPSA) is 59.9 Å². The first kappa shape index (κ1) is 10.0. The van der Waals surface area contributed by atoms with Crippen LogP contribution in [0.15, 0.2) is 21.2 Å². The van der Waals surface area contributed by atoms with Gasteiger partial charge in [-0.1, -0.05) is 0 Å². The maximum atomic E-state index is 11.4. The third-order valence-corrected chi connectivity index (χ3v) is 4.65. The first-order valence-corrected chi connectivity index (χ1v) is 7.14. The van der Waals surface area contributed by atoms with Crippen molar-refractivity contribution < 1.29 is 8.42 Å². The van der Waals surface area contributed by atoms with Crippen LogP contribution in [0.5, 0.6) is 0 Å². The van der Waals surface area contributed by atoms with Crippen molar-refractivity contribution in [2.24, 2.45) is 0 Å². The smallest absolute Gasteiger partial charge is 0.194 e. The summed E-state index contributed by atoms with van der Waals surface area (Å²) in [5.74, 6) is 0. The minimum Gasteiger partial charge on any atom is -0.234 e. The lowest BCUT2D eigenvalue weighted by atomic mass is 10.5. The van der Waals surface area contributed by atoms with Gasteiger partial charge in [-0.2, -0.15) is 0 Å². The molecule has 74 valence electrons. The molecule has 0 amide bonds. The zero-order chi connectivity index (χ0) is 10.3. The molecule has 0 N–H and O–H groups in total. The Hall–Kier alpha value is -0.530. The van der Waals surface area contributed by atoms with E-state index in [-0.39, 0.29) is 5.03 Å². The minimum absolute atomic E-state index is 0.0956. The lowest BCUT2D eigenvalue weighted by molar-refractivity contribution is 0.599. The van der Waals surface area contributed by atoms with E-state index in [1.54, 1.807) is 5.38 Å². The summed E-state index contributed by atoms with van der Waals surface area (Å²) in [7, 11) is -3.28. The predicted octanol–water partition coefficient (Wildman–Crippen LogP) is 1.86. The molecule has 0 bridgehead atoms. The molecule has 0 aliphatic rings. The number of fused-ring (bicyclic) bond motifs is 1. The van der Waals surface area contributed by atoms with Crippen molar-refractivity contribution in [3.05, 3.63) is 16.2 Å². The number of nitrogens with zero attached hydrogens (tertiary/aromatic N) is 2. The average Bonchev–Trinajstić information content (AvgIpc) is 2.46. The van der Waals surface area contributed by atoms with Crippen LogP contribution >= 0.6 is 27.3 Å². The highest BCUT2D eigenvalue weighted by molar-refractivity contribution is 9.10. The number of thiophene rings is 1. The molecule has 0 atom stereocenters. The highest BCUT2D eigenvalue weighted by atomic mass is 79.9. The monoisotopic (exact) mass is 292 g/mol. The Morgan fingerprint density at radius 1 is 1.43 bits per heavy atom. The number of hydrogen-bond donors (Lipinski definition) is 0. The van der Waals surface area contributed by atoms with Crippen molar-refractivity contribution in [2.45, 2.75) is 5.03 Å². The van der Waals surface area contributed by atoms with E-state index in [0.29, 0.717) is 10.2 Å². The fourth-order valence-corrected chi connectivity index (χ4v) is 3.81. The Bertz CT molecular complexity index is 591. The van der Waals surface area contributed by atoms with Gasteiger partial charge >= 0.3 is 0 Å². The molecule has 2 aromatic rings. The number of sulfone groups is 1. The first-order valence-electron chi connectivity index (χ1n) is 3.58. The molecule has 4 nitrogen and oxygen atoms in total. The Morgan fingerprint density at radius 3 is 2.79 bits per heavy atom. The van der Waals surface area contributed by atoms with Crippen LogP contribution in [0.3, 0.4) is 0 Å². The molecule has 0 aliphatic heterocycles. The van der Waals surface area contributed by atoms with Crippen molar-refractivity contribution in [1.29, 1.82) is 0 Å². The zero-order valence-electron chi connectivity index (χ0n) is 7.06. The van der Waals surface area contributed by atoms with E-state index < -0.39 is 9.84 Å². The van der Waals surface area contributed by atoms with Crippen LogP contribution in [0.2, 0.25) is 0 Å². The molecule has 0 aromatic carbocycles. The third kappa shape index (κ3) is 1.55. The van der Waals surface area contributed by atoms with Crippen molar-refractivity contribution in [3.8, 4) is 0 Å². The SMILES string of the molecule is CS(=O)(=O)c1ncnc2c(Br)csc12. The standard InChI is InChI=1S/C7H5BrN2O2S2/c1-14(11,12)7-6-5(9-3-10-7)4(8)2-13-6/h2-3H,1H3. The van der Waals surface area contributed by atoms with Gasteiger partial charge in [-0.15, -0.1) is 11.3 Å². The van der Waals surface area contributed by atoms with Crippen molar-refractivity contribution in [3.63, 3.8) is 0 Å². The van der Waals surface area contributed by atoms with E-state index >= 15 is 0 Å². The van der Waals surface area contributed by atoms with Crippen molar-refractivity contribution in [1.82, 2.24) is 9.97 Å². The first-order chi connectivity index (χ1) is 6.50. The average molecular weight is 293 g/mol. The summed E-state index contributed by atoms with van der Waals surface area (Å²) in [4.78, 5) is 7.78.